The molecule has 0 spiro atoms. The van der Waals surface area contributed by atoms with Gasteiger partial charge in [0.05, 0.1) is 19.7 Å². The van der Waals surface area contributed by atoms with Crippen molar-refractivity contribution in [2.24, 2.45) is 0 Å². The number of methoxy groups -OCH3 is 1. The van der Waals surface area contributed by atoms with Crippen LogP contribution in [0.4, 0.5) is 10.1 Å². The molecule has 2 aromatic carbocycles. The Balaban J connectivity index is 1.45. The van der Waals surface area contributed by atoms with Crippen molar-refractivity contribution < 1.29 is 9.13 Å². The van der Waals surface area contributed by atoms with Gasteiger partial charge in [-0.25, -0.2) is 9.07 Å². The molecule has 7 nitrogen and oxygen atoms in total. The van der Waals surface area contributed by atoms with Gasteiger partial charge in [-0.2, -0.15) is 0 Å². The van der Waals surface area contributed by atoms with E-state index in [4.69, 9.17) is 4.74 Å². The van der Waals surface area contributed by atoms with Crippen LogP contribution in [0.3, 0.4) is 0 Å². The minimum Gasteiger partial charge on any atom is -0.497 e. The first kappa shape index (κ1) is 21.2. The quantitative estimate of drug-likeness (QED) is 0.551. The van der Waals surface area contributed by atoms with Crippen molar-refractivity contribution in [3.63, 3.8) is 0 Å². The Morgan fingerprint density at radius 2 is 1.71 bits per heavy atom. The molecule has 2 heterocycles. The number of tetrazole rings is 1. The highest BCUT2D eigenvalue weighted by Gasteiger charge is 2.28. The Hall–Kier alpha value is -3.00. The van der Waals surface area contributed by atoms with Gasteiger partial charge in [-0.1, -0.05) is 25.5 Å². The van der Waals surface area contributed by atoms with Gasteiger partial charge in [-0.05, 0) is 58.8 Å². The summed E-state index contributed by atoms with van der Waals surface area (Å²) in [4.78, 5) is 4.78. The smallest absolute Gasteiger partial charge is 0.168 e. The normalized spacial score (nSPS) is 15.8. The summed E-state index contributed by atoms with van der Waals surface area (Å²) in [6.07, 6.45) is 2.05. The third-order valence-corrected chi connectivity index (χ3v) is 5.86. The molecule has 1 atom stereocenters. The van der Waals surface area contributed by atoms with E-state index in [9.17, 15) is 4.39 Å². The molecule has 0 bridgehead atoms. The fourth-order valence-corrected chi connectivity index (χ4v) is 4.16. The first-order valence-corrected chi connectivity index (χ1v) is 10.8. The van der Waals surface area contributed by atoms with Gasteiger partial charge >= 0.3 is 0 Å². The predicted molar refractivity (Wildman–Crippen MR) is 118 cm³/mol. The Morgan fingerprint density at radius 1 is 1.00 bits per heavy atom. The van der Waals surface area contributed by atoms with Crippen LogP contribution in [0.2, 0.25) is 0 Å². The van der Waals surface area contributed by atoms with Crippen molar-refractivity contribution in [2.45, 2.75) is 32.4 Å². The number of ether oxygens (including phenoxy) is 1. The van der Waals surface area contributed by atoms with E-state index >= 15 is 0 Å². The lowest BCUT2D eigenvalue weighted by Crippen LogP contribution is -2.48. The Kier molecular flexibility index (Phi) is 6.76. The predicted octanol–water partition coefficient (Wildman–Crippen LogP) is 3.53. The average molecular weight is 425 g/mol. The number of hydrogen-bond acceptors (Lipinski definition) is 6. The number of hydrogen-bond donors (Lipinski definition) is 0. The average Bonchev–Trinajstić information content (AvgIpc) is 3.26. The SMILES string of the molecule is CCC[C@@H](c1nnnn1Cc1ccc(OC)cc1)N1CCN(c2ccc(F)cc2)CC1. The zero-order valence-corrected chi connectivity index (χ0v) is 18.1. The molecule has 0 amide bonds. The largest absolute Gasteiger partial charge is 0.497 e. The molecule has 1 aliphatic heterocycles. The third kappa shape index (κ3) is 5.02. The Morgan fingerprint density at radius 3 is 2.35 bits per heavy atom. The van der Waals surface area contributed by atoms with Crippen molar-refractivity contribution >= 4 is 5.69 Å². The Bertz CT molecular complexity index is 951. The molecule has 0 saturated carbocycles. The van der Waals surface area contributed by atoms with E-state index in [1.54, 1.807) is 7.11 Å². The van der Waals surface area contributed by atoms with Crippen molar-refractivity contribution in [3.05, 3.63) is 65.7 Å². The lowest BCUT2D eigenvalue weighted by Gasteiger charge is -2.39. The van der Waals surface area contributed by atoms with Crippen molar-refractivity contribution in [2.75, 3.05) is 38.2 Å². The van der Waals surface area contributed by atoms with E-state index in [-0.39, 0.29) is 11.9 Å². The standard InChI is InChI=1S/C23H29FN6O/c1-3-4-22(29-15-13-28(14-16-29)20-9-7-19(24)8-10-20)23-25-26-27-30(23)17-18-5-11-21(31-2)12-6-18/h5-12,22H,3-4,13-17H2,1-2H3/t22-/m0/s1. The Labute approximate surface area is 182 Å². The fraction of sp³-hybridized carbons (Fsp3) is 0.435. The third-order valence-electron chi connectivity index (χ3n) is 5.86. The van der Waals surface area contributed by atoms with Gasteiger partial charge in [0.1, 0.15) is 11.6 Å². The van der Waals surface area contributed by atoms with Gasteiger partial charge in [0, 0.05) is 31.9 Å². The maximum absolute atomic E-state index is 13.2. The second-order valence-electron chi connectivity index (χ2n) is 7.85. The summed E-state index contributed by atoms with van der Waals surface area (Å²) in [6, 6.07) is 14.9. The zero-order valence-electron chi connectivity index (χ0n) is 18.1. The number of anilines is 1. The molecule has 1 saturated heterocycles. The minimum absolute atomic E-state index is 0.175. The molecule has 0 radical (unpaired) electrons. The minimum atomic E-state index is -0.200. The summed E-state index contributed by atoms with van der Waals surface area (Å²) in [7, 11) is 1.67. The van der Waals surface area contributed by atoms with Gasteiger partial charge in [-0.3, -0.25) is 4.90 Å². The van der Waals surface area contributed by atoms with Gasteiger partial charge in [-0.15, -0.1) is 5.10 Å². The highest BCUT2D eigenvalue weighted by Crippen LogP contribution is 2.27. The molecule has 164 valence electrons. The summed E-state index contributed by atoms with van der Waals surface area (Å²) < 4.78 is 20.4. The van der Waals surface area contributed by atoms with Crippen molar-refractivity contribution in [1.82, 2.24) is 25.1 Å². The molecule has 1 aliphatic rings. The summed E-state index contributed by atoms with van der Waals surface area (Å²) >= 11 is 0. The van der Waals surface area contributed by atoms with Crippen LogP contribution in [-0.4, -0.2) is 58.4 Å². The lowest BCUT2D eigenvalue weighted by molar-refractivity contribution is 0.164. The second kappa shape index (κ2) is 9.87. The number of piperazine rings is 1. The van der Waals surface area contributed by atoms with Crippen LogP contribution in [0.5, 0.6) is 5.75 Å². The molecule has 8 heteroatoms. The van der Waals surface area contributed by atoms with Crippen LogP contribution in [0, 0.1) is 5.82 Å². The number of rotatable bonds is 8. The van der Waals surface area contributed by atoms with Crippen LogP contribution in [-0.2, 0) is 6.54 Å². The molecular weight excluding hydrogens is 395 g/mol. The molecule has 31 heavy (non-hydrogen) atoms. The molecule has 0 unspecified atom stereocenters. The molecule has 0 aliphatic carbocycles. The summed E-state index contributed by atoms with van der Waals surface area (Å²) in [6.45, 7) is 6.44. The molecule has 0 N–H and O–H groups in total. The second-order valence-corrected chi connectivity index (χ2v) is 7.85. The van der Waals surface area contributed by atoms with Gasteiger partial charge in [0.2, 0.25) is 0 Å². The highest BCUT2D eigenvalue weighted by atomic mass is 19.1. The zero-order chi connectivity index (χ0) is 21.6. The molecule has 4 rings (SSSR count). The molecule has 1 aromatic heterocycles. The van der Waals surface area contributed by atoms with Crippen molar-refractivity contribution in [3.8, 4) is 5.75 Å². The monoisotopic (exact) mass is 424 g/mol. The van der Waals surface area contributed by atoms with Gasteiger partial charge < -0.3 is 9.64 Å². The lowest BCUT2D eigenvalue weighted by atomic mass is 10.1. The first-order chi connectivity index (χ1) is 15.2. The summed E-state index contributed by atoms with van der Waals surface area (Å²) in [5.41, 5.74) is 2.20. The first-order valence-electron chi connectivity index (χ1n) is 10.8. The fourth-order valence-electron chi connectivity index (χ4n) is 4.16. The van der Waals surface area contributed by atoms with Crippen molar-refractivity contribution in [1.29, 1.82) is 0 Å². The summed E-state index contributed by atoms with van der Waals surface area (Å²) in [5.74, 6) is 1.55. The van der Waals surface area contributed by atoms with Gasteiger partial charge in [0.15, 0.2) is 5.82 Å². The summed E-state index contributed by atoms with van der Waals surface area (Å²) in [5, 5.41) is 12.7. The van der Waals surface area contributed by atoms with E-state index in [0.29, 0.717) is 6.54 Å². The maximum Gasteiger partial charge on any atom is 0.168 e. The van der Waals surface area contributed by atoms with E-state index in [0.717, 1.165) is 61.8 Å². The van der Waals surface area contributed by atoms with Gasteiger partial charge in [0.25, 0.3) is 0 Å². The van der Waals surface area contributed by atoms with E-state index in [2.05, 4.69) is 32.2 Å². The maximum atomic E-state index is 13.2. The van der Waals surface area contributed by atoms with Crippen LogP contribution < -0.4 is 9.64 Å². The highest BCUT2D eigenvalue weighted by molar-refractivity contribution is 5.46. The topological polar surface area (TPSA) is 59.3 Å². The van der Waals surface area contributed by atoms with E-state index in [1.165, 1.54) is 12.1 Å². The number of halogens is 1. The van der Waals surface area contributed by atoms with Crippen LogP contribution in [0.15, 0.2) is 48.5 Å². The van der Waals surface area contributed by atoms with Crippen LogP contribution in [0.1, 0.15) is 37.2 Å². The molecule has 1 fully saturated rings. The molecule has 3 aromatic rings. The molecular formula is C23H29FN6O. The number of benzene rings is 2. The van der Waals surface area contributed by atoms with E-state index in [1.807, 2.05) is 41.1 Å². The number of nitrogens with zero attached hydrogens (tertiary/aromatic N) is 6. The van der Waals surface area contributed by atoms with E-state index < -0.39 is 0 Å². The van der Waals surface area contributed by atoms with Crippen LogP contribution in [0.25, 0.3) is 0 Å². The van der Waals surface area contributed by atoms with Crippen LogP contribution >= 0.6 is 0 Å². The number of aromatic nitrogens is 4.